The minimum Gasteiger partial charge on any atom is -0.340 e. The third-order valence-electron chi connectivity index (χ3n) is 5.87. The van der Waals surface area contributed by atoms with Gasteiger partial charge in [0, 0.05) is 43.5 Å². The van der Waals surface area contributed by atoms with Crippen molar-refractivity contribution in [3.8, 4) is 6.07 Å². The van der Waals surface area contributed by atoms with Crippen molar-refractivity contribution in [3.05, 3.63) is 57.3 Å². The summed E-state index contributed by atoms with van der Waals surface area (Å²) in [4.78, 5) is 35.6. The summed E-state index contributed by atoms with van der Waals surface area (Å²) in [5, 5.41) is 11.9. The van der Waals surface area contributed by atoms with Crippen molar-refractivity contribution in [2.24, 2.45) is 0 Å². The van der Waals surface area contributed by atoms with E-state index in [1.54, 1.807) is 13.0 Å². The molecule has 1 aromatic heterocycles. The van der Waals surface area contributed by atoms with E-state index in [-0.39, 0.29) is 30.2 Å². The van der Waals surface area contributed by atoms with E-state index in [0.717, 1.165) is 32.2 Å². The lowest BCUT2D eigenvalue weighted by Crippen LogP contribution is -2.54. The van der Waals surface area contributed by atoms with Crippen molar-refractivity contribution < 1.29 is 9.18 Å². The van der Waals surface area contributed by atoms with Crippen molar-refractivity contribution in [1.29, 1.82) is 5.26 Å². The maximum absolute atomic E-state index is 14.3. The van der Waals surface area contributed by atoms with Crippen LogP contribution in [-0.2, 0) is 6.54 Å². The lowest BCUT2D eigenvalue weighted by Gasteiger charge is -2.39. The highest BCUT2D eigenvalue weighted by Crippen LogP contribution is 2.32. The van der Waals surface area contributed by atoms with E-state index < -0.39 is 5.82 Å². The van der Waals surface area contributed by atoms with Gasteiger partial charge >= 0.3 is 6.03 Å². The van der Waals surface area contributed by atoms with E-state index in [9.17, 15) is 14.0 Å². The Morgan fingerprint density at radius 3 is 2.90 bits per heavy atom. The molecule has 1 saturated heterocycles. The van der Waals surface area contributed by atoms with Crippen LogP contribution in [-0.4, -0.2) is 46.1 Å². The standard InChI is InChI=1S/C22H25FN6O2/c1-14-9-16(19(23)10-15(14)11-24)12-26-22(31)29(17-4-5-17)18-3-2-8-28(13-18)21-25-7-6-20(30)27-21/h6-7,9-10,17-18H,2-5,8,12-13H2,1H3,(H,26,31)(H,25,27,30)/t18-/m1/s1. The fourth-order valence-corrected chi connectivity index (χ4v) is 4.14. The number of aryl methyl sites for hydroxylation is 1. The number of nitrogens with one attached hydrogen (secondary N) is 2. The molecule has 2 fully saturated rings. The van der Waals surface area contributed by atoms with Crippen LogP contribution in [0.15, 0.2) is 29.2 Å². The van der Waals surface area contributed by atoms with Crippen molar-refractivity contribution in [1.82, 2.24) is 20.2 Å². The van der Waals surface area contributed by atoms with Crippen LogP contribution >= 0.6 is 0 Å². The van der Waals surface area contributed by atoms with Crippen molar-refractivity contribution in [2.75, 3.05) is 18.0 Å². The number of halogens is 1. The number of rotatable bonds is 5. The molecule has 2 heterocycles. The minimum atomic E-state index is -0.497. The first kappa shape index (κ1) is 20.8. The highest BCUT2D eigenvalue weighted by molar-refractivity contribution is 5.75. The van der Waals surface area contributed by atoms with Crippen LogP contribution in [0, 0.1) is 24.1 Å². The summed E-state index contributed by atoms with van der Waals surface area (Å²) in [5.74, 6) is 0.0202. The monoisotopic (exact) mass is 424 g/mol. The van der Waals surface area contributed by atoms with Crippen molar-refractivity contribution in [3.63, 3.8) is 0 Å². The molecular weight excluding hydrogens is 399 g/mol. The van der Waals surface area contributed by atoms with Crippen molar-refractivity contribution >= 4 is 12.0 Å². The Bertz CT molecular complexity index is 1070. The molecular formula is C22H25FN6O2. The second-order valence-electron chi connectivity index (χ2n) is 8.17. The lowest BCUT2D eigenvalue weighted by molar-refractivity contribution is 0.160. The first-order chi connectivity index (χ1) is 15.0. The van der Waals surface area contributed by atoms with E-state index in [0.29, 0.717) is 29.2 Å². The number of H-pyrrole nitrogens is 1. The molecule has 0 spiro atoms. The zero-order chi connectivity index (χ0) is 22.0. The molecule has 8 nitrogen and oxygen atoms in total. The Morgan fingerprint density at radius 2 is 2.19 bits per heavy atom. The van der Waals surface area contributed by atoms with Gasteiger partial charge in [0.1, 0.15) is 5.82 Å². The first-order valence-corrected chi connectivity index (χ1v) is 10.5. The summed E-state index contributed by atoms with van der Waals surface area (Å²) in [6, 6.07) is 6.11. The Kier molecular flexibility index (Phi) is 5.89. The number of piperidine rings is 1. The average Bonchev–Trinajstić information content (AvgIpc) is 3.59. The van der Waals surface area contributed by atoms with Gasteiger partial charge in [-0.25, -0.2) is 14.2 Å². The van der Waals surface area contributed by atoms with Gasteiger partial charge in [0.15, 0.2) is 0 Å². The van der Waals surface area contributed by atoms with Gasteiger partial charge in [0.05, 0.1) is 17.7 Å². The third-order valence-corrected chi connectivity index (χ3v) is 5.87. The molecule has 31 heavy (non-hydrogen) atoms. The normalized spacial score (nSPS) is 18.4. The average molecular weight is 424 g/mol. The highest BCUT2D eigenvalue weighted by atomic mass is 19.1. The van der Waals surface area contributed by atoms with Gasteiger partial charge in [-0.1, -0.05) is 6.07 Å². The first-order valence-electron chi connectivity index (χ1n) is 10.5. The summed E-state index contributed by atoms with van der Waals surface area (Å²) in [6.45, 7) is 3.16. The molecule has 2 amide bonds. The molecule has 9 heteroatoms. The zero-order valence-electron chi connectivity index (χ0n) is 17.4. The molecule has 2 aliphatic rings. The van der Waals surface area contributed by atoms with Gasteiger partial charge in [-0.05, 0) is 44.2 Å². The van der Waals surface area contributed by atoms with Gasteiger partial charge in [-0.3, -0.25) is 9.78 Å². The molecule has 162 valence electrons. The number of aromatic amines is 1. The highest BCUT2D eigenvalue weighted by Gasteiger charge is 2.39. The summed E-state index contributed by atoms with van der Waals surface area (Å²) in [7, 11) is 0. The Balaban J connectivity index is 1.45. The second-order valence-corrected chi connectivity index (χ2v) is 8.17. The fourth-order valence-electron chi connectivity index (χ4n) is 4.14. The number of anilines is 1. The molecule has 2 N–H and O–H groups in total. The van der Waals surface area contributed by atoms with Crippen LogP contribution in [0.25, 0.3) is 0 Å². The predicted octanol–water partition coefficient (Wildman–Crippen LogP) is 2.43. The Labute approximate surface area is 179 Å². The molecule has 0 radical (unpaired) electrons. The number of amides is 2. The van der Waals surface area contributed by atoms with Crippen LogP contribution in [0.3, 0.4) is 0 Å². The number of aromatic nitrogens is 2. The number of urea groups is 1. The van der Waals surface area contributed by atoms with Crippen LogP contribution in [0.4, 0.5) is 15.1 Å². The maximum atomic E-state index is 14.3. The van der Waals surface area contributed by atoms with Gasteiger partial charge in [0.25, 0.3) is 5.56 Å². The van der Waals surface area contributed by atoms with E-state index in [4.69, 9.17) is 5.26 Å². The molecule has 0 bridgehead atoms. The summed E-state index contributed by atoms with van der Waals surface area (Å²) < 4.78 is 14.3. The SMILES string of the molecule is Cc1cc(CNC(=O)N(C2CC2)[C@@H]2CCCN(c3nccc(=O)[nH]3)C2)c(F)cc1C#N. The second kappa shape index (κ2) is 8.76. The van der Waals surface area contributed by atoms with Gasteiger partial charge in [-0.15, -0.1) is 0 Å². The molecule has 1 atom stereocenters. The van der Waals surface area contributed by atoms with Crippen LogP contribution in [0.1, 0.15) is 42.4 Å². The number of hydrogen-bond donors (Lipinski definition) is 2. The molecule has 0 unspecified atom stereocenters. The van der Waals surface area contributed by atoms with Crippen molar-refractivity contribution in [2.45, 2.75) is 51.2 Å². The van der Waals surface area contributed by atoms with Crippen LogP contribution in [0.2, 0.25) is 0 Å². The molecule has 4 rings (SSSR count). The molecule has 1 aromatic carbocycles. The predicted molar refractivity (Wildman–Crippen MR) is 113 cm³/mol. The smallest absolute Gasteiger partial charge is 0.318 e. The molecule has 2 aromatic rings. The van der Waals surface area contributed by atoms with E-state index >= 15 is 0 Å². The Morgan fingerprint density at radius 1 is 1.39 bits per heavy atom. The molecule has 1 aliphatic heterocycles. The summed E-state index contributed by atoms with van der Waals surface area (Å²) in [5.41, 5.74) is 1.13. The topological polar surface area (TPSA) is 105 Å². The summed E-state index contributed by atoms with van der Waals surface area (Å²) >= 11 is 0. The van der Waals surface area contributed by atoms with Gasteiger partial charge in [0.2, 0.25) is 5.95 Å². The number of benzene rings is 1. The quantitative estimate of drug-likeness (QED) is 0.767. The minimum absolute atomic E-state index is 0.0145. The zero-order valence-corrected chi connectivity index (χ0v) is 17.4. The third kappa shape index (κ3) is 4.68. The largest absolute Gasteiger partial charge is 0.340 e. The fraction of sp³-hybridized carbons (Fsp3) is 0.455. The van der Waals surface area contributed by atoms with E-state index in [1.165, 1.54) is 18.3 Å². The van der Waals surface area contributed by atoms with E-state index in [1.807, 2.05) is 15.9 Å². The number of nitrogens with zero attached hydrogens (tertiary/aromatic N) is 4. The maximum Gasteiger partial charge on any atom is 0.318 e. The van der Waals surface area contributed by atoms with Gasteiger partial charge < -0.3 is 15.1 Å². The Hall–Kier alpha value is -3.41. The van der Waals surface area contributed by atoms with Crippen LogP contribution in [0.5, 0.6) is 0 Å². The number of carbonyl (C=O) groups excluding carboxylic acids is 1. The number of carbonyl (C=O) groups is 1. The number of nitriles is 1. The number of hydrogen-bond acceptors (Lipinski definition) is 5. The molecule has 1 aliphatic carbocycles. The lowest BCUT2D eigenvalue weighted by atomic mass is 10.0. The summed E-state index contributed by atoms with van der Waals surface area (Å²) in [6.07, 6.45) is 5.13. The molecule has 1 saturated carbocycles. The van der Waals surface area contributed by atoms with Gasteiger partial charge in [-0.2, -0.15) is 5.26 Å². The van der Waals surface area contributed by atoms with Crippen LogP contribution < -0.4 is 15.8 Å². The van der Waals surface area contributed by atoms with E-state index in [2.05, 4.69) is 15.3 Å².